The molecule has 7 heteroatoms. The fraction of sp³-hybridized carbons (Fsp3) is 0.750. The summed E-state index contributed by atoms with van der Waals surface area (Å²) < 4.78 is 30.1. The van der Waals surface area contributed by atoms with E-state index in [9.17, 15) is 8.42 Å². The molecule has 110 valence electrons. The zero-order chi connectivity index (χ0) is 14.5. The SMILES string of the molecule is CCc1nn(CCCCOC)c(CC)c1S(=O)(=O)Cl. The van der Waals surface area contributed by atoms with Crippen molar-refractivity contribution in [2.75, 3.05) is 13.7 Å². The largest absolute Gasteiger partial charge is 0.385 e. The van der Waals surface area contributed by atoms with Gasteiger partial charge in [0, 0.05) is 30.9 Å². The molecule has 19 heavy (non-hydrogen) atoms. The van der Waals surface area contributed by atoms with Gasteiger partial charge in [0.25, 0.3) is 9.05 Å². The van der Waals surface area contributed by atoms with E-state index in [-0.39, 0.29) is 4.90 Å². The summed E-state index contributed by atoms with van der Waals surface area (Å²) in [6.45, 7) is 5.17. The number of hydrogen-bond donors (Lipinski definition) is 0. The highest BCUT2D eigenvalue weighted by Crippen LogP contribution is 2.25. The third-order valence-electron chi connectivity index (χ3n) is 2.96. The molecule has 0 unspecified atom stereocenters. The first kappa shape index (κ1) is 16.5. The summed E-state index contributed by atoms with van der Waals surface area (Å²) in [4.78, 5) is 0.200. The van der Waals surface area contributed by atoms with Gasteiger partial charge in [-0.15, -0.1) is 0 Å². The lowest BCUT2D eigenvalue weighted by Gasteiger charge is -2.06. The van der Waals surface area contributed by atoms with Crippen LogP contribution in [-0.4, -0.2) is 31.9 Å². The number of nitrogens with zero attached hydrogens (tertiary/aromatic N) is 2. The fourth-order valence-corrected chi connectivity index (χ4v) is 3.62. The zero-order valence-corrected chi connectivity index (χ0v) is 13.2. The molecule has 0 bridgehead atoms. The van der Waals surface area contributed by atoms with E-state index in [2.05, 4.69) is 5.10 Å². The number of ether oxygens (including phenoxy) is 1. The number of hydrogen-bond acceptors (Lipinski definition) is 4. The summed E-state index contributed by atoms with van der Waals surface area (Å²) in [5.74, 6) is 0. The van der Waals surface area contributed by atoms with Crippen molar-refractivity contribution < 1.29 is 13.2 Å². The molecule has 0 aromatic carbocycles. The van der Waals surface area contributed by atoms with E-state index in [0.29, 0.717) is 37.4 Å². The molecule has 0 atom stereocenters. The Morgan fingerprint density at radius 1 is 1.26 bits per heavy atom. The van der Waals surface area contributed by atoms with Crippen molar-refractivity contribution in [3.05, 3.63) is 11.4 Å². The lowest BCUT2D eigenvalue weighted by atomic mass is 10.2. The van der Waals surface area contributed by atoms with Crippen LogP contribution in [0.15, 0.2) is 4.90 Å². The van der Waals surface area contributed by atoms with Gasteiger partial charge in [-0.1, -0.05) is 13.8 Å². The Hall–Kier alpha value is -0.590. The Kier molecular flexibility index (Phi) is 6.29. The lowest BCUT2D eigenvalue weighted by Crippen LogP contribution is -2.07. The highest BCUT2D eigenvalue weighted by molar-refractivity contribution is 8.13. The van der Waals surface area contributed by atoms with Crippen molar-refractivity contribution >= 4 is 19.7 Å². The molecular formula is C12H21ClN2O3S. The predicted octanol–water partition coefficient (Wildman–Crippen LogP) is 2.36. The first-order chi connectivity index (χ1) is 8.95. The van der Waals surface area contributed by atoms with Gasteiger partial charge in [-0.25, -0.2) is 8.42 Å². The molecule has 0 spiro atoms. The summed E-state index contributed by atoms with van der Waals surface area (Å²) in [6, 6.07) is 0. The predicted molar refractivity (Wildman–Crippen MR) is 75.1 cm³/mol. The van der Waals surface area contributed by atoms with Gasteiger partial charge in [0.1, 0.15) is 4.90 Å². The van der Waals surface area contributed by atoms with E-state index in [1.54, 1.807) is 11.8 Å². The van der Waals surface area contributed by atoms with Crippen LogP contribution in [0.3, 0.4) is 0 Å². The molecule has 5 nitrogen and oxygen atoms in total. The maximum absolute atomic E-state index is 11.7. The van der Waals surface area contributed by atoms with Crippen molar-refractivity contribution in [3.63, 3.8) is 0 Å². The van der Waals surface area contributed by atoms with E-state index in [4.69, 9.17) is 15.4 Å². The first-order valence-corrected chi connectivity index (χ1v) is 8.78. The van der Waals surface area contributed by atoms with Gasteiger partial charge >= 0.3 is 0 Å². The maximum Gasteiger partial charge on any atom is 0.264 e. The van der Waals surface area contributed by atoms with E-state index >= 15 is 0 Å². The number of methoxy groups -OCH3 is 1. The molecule has 0 aliphatic heterocycles. The zero-order valence-electron chi connectivity index (χ0n) is 11.6. The smallest absolute Gasteiger partial charge is 0.264 e. The number of aromatic nitrogens is 2. The second kappa shape index (κ2) is 7.26. The number of aryl methyl sites for hydroxylation is 2. The van der Waals surface area contributed by atoms with Crippen LogP contribution in [0.4, 0.5) is 0 Å². The topological polar surface area (TPSA) is 61.2 Å². The molecular weight excluding hydrogens is 288 g/mol. The van der Waals surface area contributed by atoms with Crippen LogP contribution in [0.5, 0.6) is 0 Å². The molecule has 0 fully saturated rings. The number of unbranched alkanes of at least 4 members (excludes halogenated alkanes) is 1. The molecule has 1 aromatic heterocycles. The minimum Gasteiger partial charge on any atom is -0.385 e. The monoisotopic (exact) mass is 308 g/mol. The van der Waals surface area contributed by atoms with Crippen molar-refractivity contribution in [1.82, 2.24) is 9.78 Å². The first-order valence-electron chi connectivity index (χ1n) is 6.47. The van der Waals surface area contributed by atoms with Crippen LogP contribution >= 0.6 is 10.7 Å². The van der Waals surface area contributed by atoms with Gasteiger partial charge in [-0.3, -0.25) is 4.68 Å². The molecule has 0 saturated carbocycles. The average molecular weight is 309 g/mol. The quantitative estimate of drug-likeness (QED) is 0.546. The number of rotatable bonds is 8. The van der Waals surface area contributed by atoms with Gasteiger partial charge in [-0.05, 0) is 25.7 Å². The minimum absolute atomic E-state index is 0.200. The molecule has 0 radical (unpaired) electrons. The highest BCUT2D eigenvalue weighted by atomic mass is 35.7. The van der Waals surface area contributed by atoms with E-state index < -0.39 is 9.05 Å². The molecule has 0 N–H and O–H groups in total. The van der Waals surface area contributed by atoms with Crippen molar-refractivity contribution in [3.8, 4) is 0 Å². The van der Waals surface area contributed by atoms with Gasteiger partial charge in [0.2, 0.25) is 0 Å². The lowest BCUT2D eigenvalue weighted by molar-refractivity contribution is 0.190. The van der Waals surface area contributed by atoms with Crippen molar-refractivity contribution in [1.29, 1.82) is 0 Å². The molecule has 1 rings (SSSR count). The average Bonchev–Trinajstić information content (AvgIpc) is 2.72. The Labute approximate surface area is 119 Å². The Balaban J connectivity index is 3.03. The van der Waals surface area contributed by atoms with Gasteiger partial charge in [0.15, 0.2) is 0 Å². The summed E-state index contributed by atoms with van der Waals surface area (Å²) in [7, 11) is 3.45. The third-order valence-corrected chi connectivity index (χ3v) is 4.38. The second-order valence-electron chi connectivity index (χ2n) is 4.29. The van der Waals surface area contributed by atoms with Gasteiger partial charge in [0.05, 0.1) is 11.4 Å². The summed E-state index contributed by atoms with van der Waals surface area (Å²) in [5.41, 5.74) is 1.25. The molecule has 0 amide bonds. The van der Waals surface area contributed by atoms with Crippen LogP contribution in [0.2, 0.25) is 0 Å². The van der Waals surface area contributed by atoms with Crippen molar-refractivity contribution in [2.45, 2.75) is 51.0 Å². The summed E-state index contributed by atoms with van der Waals surface area (Å²) >= 11 is 0. The minimum atomic E-state index is -3.74. The Bertz CT molecular complexity index is 511. The standard InChI is InChI=1S/C12H21ClN2O3S/c1-4-10-12(19(13,16)17)11(5-2)15(14-10)8-6-7-9-18-3/h4-9H2,1-3H3. The third kappa shape index (κ3) is 4.19. The summed E-state index contributed by atoms with van der Waals surface area (Å²) in [5, 5.41) is 4.38. The summed E-state index contributed by atoms with van der Waals surface area (Å²) in [6.07, 6.45) is 2.97. The van der Waals surface area contributed by atoms with Crippen LogP contribution in [-0.2, 0) is 33.2 Å². The van der Waals surface area contributed by atoms with E-state index in [1.807, 2.05) is 13.8 Å². The molecule has 1 aromatic rings. The Morgan fingerprint density at radius 2 is 1.95 bits per heavy atom. The van der Waals surface area contributed by atoms with E-state index in [1.165, 1.54) is 0 Å². The van der Waals surface area contributed by atoms with Gasteiger partial charge in [-0.2, -0.15) is 5.10 Å². The van der Waals surface area contributed by atoms with Crippen molar-refractivity contribution in [2.24, 2.45) is 0 Å². The van der Waals surface area contributed by atoms with Crippen LogP contribution < -0.4 is 0 Å². The highest BCUT2D eigenvalue weighted by Gasteiger charge is 2.25. The molecule has 0 saturated heterocycles. The molecule has 0 aliphatic rings. The van der Waals surface area contributed by atoms with Crippen LogP contribution in [0.25, 0.3) is 0 Å². The fourth-order valence-electron chi connectivity index (χ4n) is 2.08. The maximum atomic E-state index is 11.7. The van der Waals surface area contributed by atoms with Crippen LogP contribution in [0.1, 0.15) is 38.1 Å². The van der Waals surface area contributed by atoms with Gasteiger partial charge < -0.3 is 4.74 Å². The second-order valence-corrected chi connectivity index (χ2v) is 6.79. The Morgan fingerprint density at radius 3 is 2.42 bits per heavy atom. The molecule has 0 aliphatic carbocycles. The molecule has 1 heterocycles. The van der Waals surface area contributed by atoms with Crippen LogP contribution in [0, 0.1) is 0 Å². The van der Waals surface area contributed by atoms with E-state index in [0.717, 1.165) is 12.8 Å². The normalized spacial score (nSPS) is 12.0. The number of halogens is 1.